The third kappa shape index (κ3) is 6.32. The van der Waals surface area contributed by atoms with E-state index in [0.29, 0.717) is 5.82 Å². The molecule has 2 heterocycles. The van der Waals surface area contributed by atoms with Gasteiger partial charge in [0, 0.05) is 34.6 Å². The summed E-state index contributed by atoms with van der Waals surface area (Å²) in [5.74, 6) is 0.674. The van der Waals surface area contributed by atoms with Gasteiger partial charge in [-0.3, -0.25) is 4.98 Å². The molecule has 3 heteroatoms. The smallest absolute Gasteiger partial charge is 0.160 e. The number of nitrogens with zero attached hydrogens (tertiary/aromatic N) is 3. The predicted molar refractivity (Wildman–Crippen MR) is 277 cm³/mol. The van der Waals surface area contributed by atoms with E-state index in [1.165, 1.54) is 75.8 Å². The average Bonchev–Trinajstić information content (AvgIpc) is 3.40. The Hall–Kier alpha value is -8.79. The first kappa shape index (κ1) is 37.7. The van der Waals surface area contributed by atoms with Gasteiger partial charge in [-0.1, -0.05) is 194 Å². The largest absolute Gasteiger partial charge is 0.264 e. The molecule has 66 heavy (non-hydrogen) atoms. The van der Waals surface area contributed by atoms with Gasteiger partial charge < -0.3 is 0 Å². The molecular formula is C63H39N3. The van der Waals surface area contributed by atoms with Crippen LogP contribution in [0.25, 0.3) is 132 Å². The molecule has 0 saturated carbocycles. The summed E-state index contributed by atoms with van der Waals surface area (Å²) in [5, 5.41) is 15.1. The molecule has 0 aliphatic heterocycles. The van der Waals surface area contributed by atoms with E-state index >= 15 is 0 Å². The number of pyridine rings is 1. The van der Waals surface area contributed by atoms with Crippen molar-refractivity contribution in [3.8, 4) is 67.3 Å². The fourth-order valence-electron chi connectivity index (χ4n) is 10.2. The second-order valence-corrected chi connectivity index (χ2v) is 17.1. The maximum atomic E-state index is 5.31. The second-order valence-electron chi connectivity index (χ2n) is 17.1. The zero-order valence-electron chi connectivity index (χ0n) is 35.9. The van der Waals surface area contributed by atoms with Crippen LogP contribution in [0.15, 0.2) is 237 Å². The SMILES string of the molecule is c1cncc(-c2cccc(-c3cc(-c4ccc(-c5cc6c7ccccc7c7ccccc7c6c6ccccc56)cc4)nc(-c4ccc(-c5cc6ccccc6c6ccccc56)cc4)n3)c2)c1. The van der Waals surface area contributed by atoms with Gasteiger partial charge in [0.15, 0.2) is 5.82 Å². The monoisotopic (exact) mass is 837 g/mol. The maximum Gasteiger partial charge on any atom is 0.160 e. The van der Waals surface area contributed by atoms with Crippen molar-refractivity contribution in [2.75, 3.05) is 0 Å². The maximum absolute atomic E-state index is 5.31. The number of rotatable bonds is 6. The lowest BCUT2D eigenvalue weighted by molar-refractivity contribution is 1.18. The Morgan fingerprint density at radius 1 is 0.258 bits per heavy atom. The molecule has 0 fully saturated rings. The van der Waals surface area contributed by atoms with Gasteiger partial charge in [0.2, 0.25) is 0 Å². The Morgan fingerprint density at radius 3 is 1.39 bits per heavy atom. The molecule has 0 aliphatic rings. The minimum atomic E-state index is 0.674. The standard InChI is InChI=1S/C63H39N3/c1-2-17-48-45(13-1)36-57(52-21-5-3-18-49(48)52)40-28-32-43(33-29-40)63-65-60(38-61(66-63)46-15-11-14-44(35-46)47-16-12-34-64-39-47)42-30-26-41(27-31-42)58-37-59-53-22-6-4-19-50(53)51-20-7-9-24-55(51)62(59)56-25-10-8-23-54(56)58/h1-39H. The summed E-state index contributed by atoms with van der Waals surface area (Å²) in [6.07, 6.45) is 3.71. The summed E-state index contributed by atoms with van der Waals surface area (Å²) in [6.45, 7) is 0. The van der Waals surface area contributed by atoms with Crippen molar-refractivity contribution in [1.82, 2.24) is 15.0 Å². The van der Waals surface area contributed by atoms with Crippen LogP contribution in [0.1, 0.15) is 0 Å². The highest BCUT2D eigenvalue weighted by Crippen LogP contribution is 2.43. The third-order valence-electron chi connectivity index (χ3n) is 13.3. The molecule has 0 atom stereocenters. The van der Waals surface area contributed by atoms with E-state index in [1.807, 2.05) is 18.5 Å². The molecule has 0 unspecified atom stereocenters. The Bertz CT molecular complexity index is 4030. The molecule has 2 aromatic heterocycles. The zero-order valence-corrected chi connectivity index (χ0v) is 35.9. The van der Waals surface area contributed by atoms with Gasteiger partial charge in [0.05, 0.1) is 11.4 Å². The number of aromatic nitrogens is 3. The van der Waals surface area contributed by atoms with Gasteiger partial charge >= 0.3 is 0 Å². The van der Waals surface area contributed by atoms with Gasteiger partial charge in [-0.15, -0.1) is 0 Å². The van der Waals surface area contributed by atoms with Crippen LogP contribution >= 0.6 is 0 Å². The fourth-order valence-corrected chi connectivity index (χ4v) is 10.2. The first-order chi connectivity index (χ1) is 32.7. The van der Waals surface area contributed by atoms with Crippen molar-refractivity contribution in [2.24, 2.45) is 0 Å². The van der Waals surface area contributed by atoms with Crippen molar-refractivity contribution in [1.29, 1.82) is 0 Å². The molecule has 13 rings (SSSR count). The van der Waals surface area contributed by atoms with E-state index in [9.17, 15) is 0 Å². The van der Waals surface area contributed by atoms with E-state index in [-0.39, 0.29) is 0 Å². The van der Waals surface area contributed by atoms with Gasteiger partial charge in [0.25, 0.3) is 0 Å². The lowest BCUT2D eigenvalue weighted by Gasteiger charge is -2.16. The first-order valence-electron chi connectivity index (χ1n) is 22.5. The Balaban J connectivity index is 0.943. The highest BCUT2D eigenvalue weighted by atomic mass is 14.9. The third-order valence-corrected chi connectivity index (χ3v) is 13.3. The van der Waals surface area contributed by atoms with Gasteiger partial charge in [-0.2, -0.15) is 0 Å². The molecule has 0 aliphatic carbocycles. The summed E-state index contributed by atoms with van der Waals surface area (Å²) >= 11 is 0. The molecule has 3 nitrogen and oxygen atoms in total. The van der Waals surface area contributed by atoms with Gasteiger partial charge in [-0.25, -0.2) is 9.97 Å². The van der Waals surface area contributed by atoms with Gasteiger partial charge in [0.1, 0.15) is 0 Å². The van der Waals surface area contributed by atoms with Crippen LogP contribution < -0.4 is 0 Å². The Kier molecular flexibility index (Phi) is 8.85. The van der Waals surface area contributed by atoms with Crippen molar-refractivity contribution < 1.29 is 0 Å². The number of fused-ring (bicyclic) bond motifs is 11. The summed E-state index contributed by atoms with van der Waals surface area (Å²) < 4.78 is 0. The molecule has 13 aromatic rings. The summed E-state index contributed by atoms with van der Waals surface area (Å²) in [5.41, 5.74) is 11.6. The predicted octanol–water partition coefficient (Wildman–Crippen LogP) is 16.8. The molecule has 306 valence electrons. The minimum Gasteiger partial charge on any atom is -0.264 e. The molecule has 0 radical (unpaired) electrons. The quantitative estimate of drug-likeness (QED) is 0.157. The van der Waals surface area contributed by atoms with Crippen molar-refractivity contribution in [3.05, 3.63) is 237 Å². The van der Waals surface area contributed by atoms with Crippen LogP contribution in [0.2, 0.25) is 0 Å². The van der Waals surface area contributed by atoms with E-state index in [2.05, 4.69) is 223 Å². The lowest BCUT2D eigenvalue weighted by Crippen LogP contribution is -1.96. The topological polar surface area (TPSA) is 38.7 Å². The van der Waals surface area contributed by atoms with Crippen molar-refractivity contribution in [2.45, 2.75) is 0 Å². The molecular weight excluding hydrogens is 799 g/mol. The van der Waals surface area contributed by atoms with Crippen molar-refractivity contribution >= 4 is 64.6 Å². The average molecular weight is 838 g/mol. The van der Waals surface area contributed by atoms with Crippen LogP contribution in [0.3, 0.4) is 0 Å². The molecule has 0 spiro atoms. The highest BCUT2D eigenvalue weighted by molar-refractivity contribution is 6.33. The number of hydrogen-bond acceptors (Lipinski definition) is 3. The first-order valence-corrected chi connectivity index (χ1v) is 22.5. The minimum absolute atomic E-state index is 0.674. The highest BCUT2D eigenvalue weighted by Gasteiger charge is 2.17. The zero-order chi connectivity index (χ0) is 43.6. The van der Waals surface area contributed by atoms with Crippen LogP contribution in [0.5, 0.6) is 0 Å². The van der Waals surface area contributed by atoms with E-state index in [0.717, 1.165) is 50.3 Å². The van der Waals surface area contributed by atoms with E-state index in [4.69, 9.17) is 9.97 Å². The molecule has 0 saturated heterocycles. The van der Waals surface area contributed by atoms with Crippen molar-refractivity contribution in [3.63, 3.8) is 0 Å². The number of hydrogen-bond donors (Lipinski definition) is 0. The van der Waals surface area contributed by atoms with E-state index in [1.54, 1.807) is 0 Å². The van der Waals surface area contributed by atoms with E-state index < -0.39 is 0 Å². The molecule has 0 amide bonds. The second kappa shape index (κ2) is 15.5. The molecule has 0 bridgehead atoms. The summed E-state index contributed by atoms with van der Waals surface area (Å²) in [4.78, 5) is 15.0. The van der Waals surface area contributed by atoms with Crippen LogP contribution in [-0.4, -0.2) is 15.0 Å². The number of benzene rings is 11. The van der Waals surface area contributed by atoms with Crippen LogP contribution in [0.4, 0.5) is 0 Å². The summed E-state index contributed by atoms with van der Waals surface area (Å²) in [7, 11) is 0. The fraction of sp³-hybridized carbons (Fsp3) is 0. The van der Waals surface area contributed by atoms with Crippen LogP contribution in [-0.2, 0) is 0 Å². The Labute approximate surface area is 382 Å². The lowest BCUT2D eigenvalue weighted by atomic mass is 9.87. The normalized spacial score (nSPS) is 11.6. The molecule has 11 aromatic carbocycles. The summed E-state index contributed by atoms with van der Waals surface area (Å²) in [6, 6.07) is 80.9. The van der Waals surface area contributed by atoms with Crippen LogP contribution in [0, 0.1) is 0 Å². The van der Waals surface area contributed by atoms with Gasteiger partial charge in [-0.05, 0) is 123 Å². The Morgan fingerprint density at radius 2 is 0.727 bits per heavy atom. The molecule has 0 N–H and O–H groups in total.